The molecule has 0 unspecified atom stereocenters. The summed E-state index contributed by atoms with van der Waals surface area (Å²) in [5, 5.41) is 2.70. The molecule has 0 heterocycles. The molecule has 0 fully saturated rings. The van der Waals surface area contributed by atoms with Crippen molar-refractivity contribution in [3.8, 4) is 0 Å². The lowest BCUT2D eigenvalue weighted by Crippen LogP contribution is -2.32. The van der Waals surface area contributed by atoms with Crippen molar-refractivity contribution in [2.45, 2.75) is 53.5 Å². The van der Waals surface area contributed by atoms with Crippen molar-refractivity contribution in [2.24, 2.45) is 5.41 Å². The van der Waals surface area contributed by atoms with Crippen LogP contribution >= 0.6 is 0 Å². The van der Waals surface area contributed by atoms with Crippen molar-refractivity contribution in [3.05, 3.63) is 0 Å². The first-order chi connectivity index (χ1) is 6.20. The van der Waals surface area contributed by atoms with E-state index in [9.17, 15) is 9.59 Å². The molecule has 0 bridgehead atoms. The summed E-state index contributed by atoms with van der Waals surface area (Å²) in [6, 6.07) is 0.102. The zero-order valence-corrected chi connectivity index (χ0v) is 9.81. The summed E-state index contributed by atoms with van der Waals surface area (Å²) < 4.78 is 0. The molecule has 0 rings (SSSR count). The van der Waals surface area contributed by atoms with Crippen molar-refractivity contribution >= 4 is 11.7 Å². The lowest BCUT2D eigenvalue weighted by Gasteiger charge is -2.16. The first kappa shape index (κ1) is 13.1. The Balaban J connectivity index is 3.90. The van der Waals surface area contributed by atoms with Crippen LogP contribution < -0.4 is 5.32 Å². The fraction of sp³-hybridized carbons (Fsp3) is 0.818. The second-order valence-electron chi connectivity index (χ2n) is 5.18. The van der Waals surface area contributed by atoms with Crippen LogP contribution in [0, 0.1) is 5.41 Å². The van der Waals surface area contributed by atoms with E-state index in [1.807, 2.05) is 34.6 Å². The van der Waals surface area contributed by atoms with E-state index in [-0.39, 0.29) is 29.6 Å². The minimum absolute atomic E-state index is 0.00937. The molecule has 0 atom stereocenters. The number of Topliss-reactive ketones (excluding diaryl/α,β-unsaturated/α-hetero) is 1. The van der Waals surface area contributed by atoms with E-state index in [1.54, 1.807) is 0 Å². The molecule has 1 N–H and O–H groups in total. The average Bonchev–Trinajstić information content (AvgIpc) is 1.77. The monoisotopic (exact) mass is 199 g/mol. The number of carbonyl (C=O) groups excluding carboxylic acids is 2. The highest BCUT2D eigenvalue weighted by Gasteiger charge is 2.18. The van der Waals surface area contributed by atoms with Crippen molar-refractivity contribution in [1.29, 1.82) is 0 Å². The van der Waals surface area contributed by atoms with Gasteiger partial charge in [0.1, 0.15) is 5.78 Å². The third-order valence-corrected chi connectivity index (χ3v) is 1.53. The van der Waals surface area contributed by atoms with E-state index in [0.29, 0.717) is 6.42 Å². The molecule has 82 valence electrons. The molecule has 0 aliphatic heterocycles. The van der Waals surface area contributed by atoms with Crippen LogP contribution in [0.4, 0.5) is 0 Å². The quantitative estimate of drug-likeness (QED) is 0.703. The smallest absolute Gasteiger partial charge is 0.227 e. The van der Waals surface area contributed by atoms with Crippen LogP contribution in [0.3, 0.4) is 0 Å². The number of rotatable bonds is 4. The second-order valence-corrected chi connectivity index (χ2v) is 5.18. The molecule has 14 heavy (non-hydrogen) atoms. The molecule has 0 saturated carbocycles. The maximum Gasteiger partial charge on any atom is 0.227 e. The highest BCUT2D eigenvalue weighted by molar-refractivity contribution is 5.98. The third-order valence-electron chi connectivity index (χ3n) is 1.53. The Bertz CT molecular complexity index is 214. The van der Waals surface area contributed by atoms with Crippen molar-refractivity contribution in [2.75, 3.05) is 0 Å². The van der Waals surface area contributed by atoms with E-state index in [2.05, 4.69) is 5.32 Å². The van der Waals surface area contributed by atoms with Gasteiger partial charge >= 0.3 is 0 Å². The number of hydrogen-bond acceptors (Lipinski definition) is 2. The molecule has 1 amide bonds. The van der Waals surface area contributed by atoms with Crippen molar-refractivity contribution in [3.63, 3.8) is 0 Å². The highest BCUT2D eigenvalue weighted by Crippen LogP contribution is 2.19. The van der Waals surface area contributed by atoms with E-state index in [1.165, 1.54) is 0 Å². The van der Waals surface area contributed by atoms with Crippen LogP contribution in [0.2, 0.25) is 0 Å². The average molecular weight is 199 g/mol. The molecule has 0 aromatic heterocycles. The molecule has 0 radical (unpaired) electrons. The van der Waals surface area contributed by atoms with Gasteiger partial charge in [0.25, 0.3) is 0 Å². The van der Waals surface area contributed by atoms with Gasteiger partial charge in [0.05, 0.1) is 6.42 Å². The van der Waals surface area contributed by atoms with Gasteiger partial charge in [-0.15, -0.1) is 0 Å². The van der Waals surface area contributed by atoms with E-state index < -0.39 is 0 Å². The highest BCUT2D eigenvalue weighted by atomic mass is 16.2. The molecular weight excluding hydrogens is 178 g/mol. The molecule has 3 heteroatoms. The van der Waals surface area contributed by atoms with Gasteiger partial charge in [0.15, 0.2) is 0 Å². The fourth-order valence-electron chi connectivity index (χ4n) is 1.21. The number of ketones is 1. The van der Waals surface area contributed by atoms with Crippen molar-refractivity contribution < 1.29 is 9.59 Å². The third kappa shape index (κ3) is 7.77. The Kier molecular flexibility index (Phi) is 4.81. The predicted octanol–water partition coefficient (Wildman–Crippen LogP) is 1.91. The summed E-state index contributed by atoms with van der Waals surface area (Å²) in [6.07, 6.45) is 0.466. The number of amides is 1. The molecule has 0 saturated heterocycles. The van der Waals surface area contributed by atoms with Crippen LogP contribution in [-0.2, 0) is 9.59 Å². The van der Waals surface area contributed by atoms with Crippen LogP contribution in [-0.4, -0.2) is 17.7 Å². The minimum atomic E-state index is -0.172. The SMILES string of the molecule is CC(C)NC(=O)CC(=O)CC(C)(C)C. The Hall–Kier alpha value is -0.860. The number of nitrogens with one attached hydrogen (secondary N) is 1. The molecule has 0 spiro atoms. The van der Waals surface area contributed by atoms with Gasteiger partial charge in [-0.2, -0.15) is 0 Å². The zero-order valence-electron chi connectivity index (χ0n) is 9.81. The summed E-state index contributed by atoms with van der Waals surface area (Å²) >= 11 is 0. The van der Waals surface area contributed by atoms with E-state index in [0.717, 1.165) is 0 Å². The van der Waals surface area contributed by atoms with E-state index >= 15 is 0 Å². The molecule has 0 aliphatic carbocycles. The Morgan fingerprint density at radius 1 is 1.21 bits per heavy atom. The largest absolute Gasteiger partial charge is 0.354 e. The maximum absolute atomic E-state index is 11.4. The summed E-state index contributed by atoms with van der Waals surface area (Å²) in [5.74, 6) is -0.162. The normalized spacial score (nSPS) is 11.6. The van der Waals surface area contributed by atoms with Gasteiger partial charge in [0.2, 0.25) is 5.91 Å². The van der Waals surface area contributed by atoms with Gasteiger partial charge in [-0.25, -0.2) is 0 Å². The van der Waals surface area contributed by atoms with Gasteiger partial charge < -0.3 is 5.32 Å². The molecule has 0 aliphatic rings. The van der Waals surface area contributed by atoms with E-state index in [4.69, 9.17) is 0 Å². The molecular formula is C11H21NO2. The van der Waals surface area contributed by atoms with Gasteiger partial charge in [0, 0.05) is 12.5 Å². The number of carbonyl (C=O) groups is 2. The Labute approximate surface area is 86.3 Å². The van der Waals surface area contributed by atoms with Crippen LogP contribution in [0.5, 0.6) is 0 Å². The second kappa shape index (κ2) is 5.13. The summed E-state index contributed by atoms with van der Waals surface area (Å²) in [7, 11) is 0. The maximum atomic E-state index is 11.4. The predicted molar refractivity (Wildman–Crippen MR) is 57.0 cm³/mol. The van der Waals surface area contributed by atoms with Crippen LogP contribution in [0.1, 0.15) is 47.5 Å². The Morgan fingerprint density at radius 3 is 2.07 bits per heavy atom. The lowest BCUT2D eigenvalue weighted by atomic mass is 9.89. The topological polar surface area (TPSA) is 46.2 Å². The lowest BCUT2D eigenvalue weighted by molar-refractivity contribution is -0.129. The summed E-state index contributed by atoms with van der Waals surface area (Å²) in [6.45, 7) is 9.74. The van der Waals surface area contributed by atoms with Crippen LogP contribution in [0.25, 0.3) is 0 Å². The van der Waals surface area contributed by atoms with Gasteiger partial charge in [-0.1, -0.05) is 20.8 Å². The van der Waals surface area contributed by atoms with Crippen LogP contribution in [0.15, 0.2) is 0 Å². The van der Waals surface area contributed by atoms with Crippen molar-refractivity contribution in [1.82, 2.24) is 5.32 Å². The minimum Gasteiger partial charge on any atom is -0.354 e. The molecule has 3 nitrogen and oxygen atoms in total. The molecule has 0 aromatic carbocycles. The number of hydrogen-bond donors (Lipinski definition) is 1. The van der Waals surface area contributed by atoms with Gasteiger partial charge in [-0.3, -0.25) is 9.59 Å². The standard InChI is InChI=1S/C11H21NO2/c1-8(2)12-10(14)6-9(13)7-11(3,4)5/h8H,6-7H2,1-5H3,(H,12,14). The Morgan fingerprint density at radius 2 is 1.71 bits per heavy atom. The first-order valence-electron chi connectivity index (χ1n) is 5.02. The fourth-order valence-corrected chi connectivity index (χ4v) is 1.21. The zero-order chi connectivity index (χ0) is 11.4. The summed E-state index contributed by atoms with van der Waals surface area (Å²) in [4.78, 5) is 22.6. The van der Waals surface area contributed by atoms with Gasteiger partial charge in [-0.05, 0) is 19.3 Å². The summed E-state index contributed by atoms with van der Waals surface area (Å²) in [5.41, 5.74) is -0.0325. The molecule has 0 aromatic rings. The first-order valence-corrected chi connectivity index (χ1v) is 5.02.